The number of anilines is 1. The van der Waals surface area contributed by atoms with Gasteiger partial charge in [0.1, 0.15) is 6.23 Å². The monoisotopic (exact) mass is 272 g/mol. The van der Waals surface area contributed by atoms with Crippen LogP contribution in [0, 0.1) is 0 Å². The van der Waals surface area contributed by atoms with Crippen LogP contribution >= 0.6 is 0 Å². The molecule has 102 valence electrons. The molecule has 1 atom stereocenters. The van der Waals surface area contributed by atoms with Crippen LogP contribution in [-0.2, 0) is 16.4 Å². The fourth-order valence-electron chi connectivity index (χ4n) is 1.50. The number of likely N-dealkylation sites (N-methyl/N-ethyl adjacent to an activating group) is 1. The normalized spacial score (nSPS) is 13.6. The van der Waals surface area contributed by atoms with Crippen molar-refractivity contribution < 1.29 is 13.5 Å². The van der Waals surface area contributed by atoms with Crippen molar-refractivity contribution >= 4 is 15.7 Å². The number of nitrogens with one attached hydrogen (secondary N) is 1. The Morgan fingerprint density at radius 1 is 1.33 bits per heavy atom. The zero-order valence-corrected chi connectivity index (χ0v) is 11.7. The lowest BCUT2D eigenvalue weighted by molar-refractivity contribution is 0.0267. The lowest BCUT2D eigenvalue weighted by Gasteiger charge is -2.21. The highest BCUT2D eigenvalue weighted by Gasteiger charge is 2.10. The molecule has 0 radical (unpaired) electrons. The zero-order chi connectivity index (χ0) is 13.8. The van der Waals surface area contributed by atoms with E-state index < -0.39 is 16.3 Å². The minimum atomic E-state index is -3.24. The fourth-order valence-corrected chi connectivity index (χ4v) is 2.06. The van der Waals surface area contributed by atoms with E-state index in [1.807, 2.05) is 18.9 Å². The maximum absolute atomic E-state index is 11.0. The molecule has 0 spiro atoms. The first-order valence-electron chi connectivity index (χ1n) is 5.77. The van der Waals surface area contributed by atoms with E-state index in [1.165, 1.54) is 0 Å². The third-order valence-electron chi connectivity index (χ3n) is 2.68. The van der Waals surface area contributed by atoms with Crippen molar-refractivity contribution in [3.05, 3.63) is 29.8 Å². The van der Waals surface area contributed by atoms with Gasteiger partial charge in [0.05, 0.1) is 6.26 Å². The summed E-state index contributed by atoms with van der Waals surface area (Å²) in [5.41, 5.74) is 1.49. The predicted octanol–water partition coefficient (Wildman–Crippen LogP) is 0.871. The van der Waals surface area contributed by atoms with Gasteiger partial charge in [0.25, 0.3) is 0 Å². The summed E-state index contributed by atoms with van der Waals surface area (Å²) in [6.45, 7) is 2.75. The Morgan fingerprint density at radius 2 is 1.89 bits per heavy atom. The predicted molar refractivity (Wildman–Crippen MR) is 72.9 cm³/mol. The van der Waals surface area contributed by atoms with E-state index in [-0.39, 0.29) is 0 Å². The van der Waals surface area contributed by atoms with E-state index in [9.17, 15) is 13.5 Å². The molecule has 0 aromatic heterocycles. The summed E-state index contributed by atoms with van der Waals surface area (Å²) < 4.78 is 24.5. The molecule has 0 fully saturated rings. The van der Waals surface area contributed by atoms with Crippen LogP contribution in [-0.4, -0.2) is 44.5 Å². The number of hydrogen-bond donors (Lipinski definition) is 2. The second kappa shape index (κ2) is 6.17. The van der Waals surface area contributed by atoms with Gasteiger partial charge in [-0.1, -0.05) is 19.1 Å². The lowest BCUT2D eigenvalue weighted by atomic mass is 10.1. The van der Waals surface area contributed by atoms with E-state index >= 15 is 0 Å². The number of aliphatic hydroxyl groups excluding tert-OH is 1. The average molecular weight is 272 g/mol. The van der Waals surface area contributed by atoms with Gasteiger partial charge in [-0.15, -0.1) is 0 Å². The lowest BCUT2D eigenvalue weighted by Crippen LogP contribution is -2.32. The molecule has 5 nitrogen and oxygen atoms in total. The molecule has 0 aliphatic heterocycles. The third-order valence-corrected chi connectivity index (χ3v) is 3.29. The van der Waals surface area contributed by atoms with Gasteiger partial charge in [-0.3, -0.25) is 9.62 Å². The molecule has 1 aromatic rings. The maximum Gasteiger partial charge on any atom is 0.229 e. The van der Waals surface area contributed by atoms with E-state index in [1.54, 1.807) is 24.3 Å². The van der Waals surface area contributed by atoms with Crippen molar-refractivity contribution in [1.82, 2.24) is 4.90 Å². The van der Waals surface area contributed by atoms with Crippen molar-refractivity contribution in [2.45, 2.75) is 19.6 Å². The van der Waals surface area contributed by atoms with Crippen LogP contribution in [0.5, 0.6) is 0 Å². The summed E-state index contributed by atoms with van der Waals surface area (Å²) in [7, 11) is -1.39. The largest absolute Gasteiger partial charge is 0.378 e. The van der Waals surface area contributed by atoms with Crippen molar-refractivity contribution in [1.29, 1.82) is 0 Å². The van der Waals surface area contributed by atoms with Gasteiger partial charge in [-0.2, -0.15) is 0 Å². The molecule has 0 aliphatic rings. The van der Waals surface area contributed by atoms with Crippen molar-refractivity contribution in [2.75, 3.05) is 24.6 Å². The van der Waals surface area contributed by atoms with Gasteiger partial charge < -0.3 is 5.11 Å². The Hall–Kier alpha value is -1.11. The molecular weight excluding hydrogens is 252 g/mol. The molecule has 6 heteroatoms. The smallest absolute Gasteiger partial charge is 0.229 e. The second-order valence-electron chi connectivity index (χ2n) is 4.33. The summed E-state index contributed by atoms with van der Waals surface area (Å²) in [6, 6.07) is 6.99. The Bertz CT molecular complexity index is 471. The molecule has 0 aliphatic carbocycles. The Kier molecular flexibility index (Phi) is 5.13. The molecule has 1 unspecified atom stereocenters. The Labute approximate surface area is 108 Å². The van der Waals surface area contributed by atoms with Gasteiger partial charge in [0.15, 0.2) is 0 Å². The van der Waals surface area contributed by atoms with Crippen molar-refractivity contribution in [2.24, 2.45) is 0 Å². The Morgan fingerprint density at radius 3 is 2.33 bits per heavy atom. The van der Waals surface area contributed by atoms with Gasteiger partial charge in [0.2, 0.25) is 10.0 Å². The first kappa shape index (κ1) is 14.9. The standard InChI is InChI=1S/C12H20N2O3S/c1-4-14(2)12(15)9-10-5-7-11(8-6-10)13-18(3,16)17/h5-8,12-13,15H,4,9H2,1-3H3. The molecular formula is C12H20N2O3S. The molecule has 0 amide bonds. The third kappa shape index (κ3) is 5.03. The number of rotatable bonds is 6. The highest BCUT2D eigenvalue weighted by Crippen LogP contribution is 2.13. The number of hydrogen-bond acceptors (Lipinski definition) is 4. The van der Waals surface area contributed by atoms with Crippen LogP contribution in [0.25, 0.3) is 0 Å². The van der Waals surface area contributed by atoms with E-state index in [4.69, 9.17) is 0 Å². The van der Waals surface area contributed by atoms with Crippen LogP contribution in [0.1, 0.15) is 12.5 Å². The SMILES string of the molecule is CCN(C)C(O)Cc1ccc(NS(C)(=O)=O)cc1. The van der Waals surface area contributed by atoms with Crippen molar-refractivity contribution in [3.63, 3.8) is 0 Å². The zero-order valence-electron chi connectivity index (χ0n) is 10.9. The van der Waals surface area contributed by atoms with E-state index in [0.29, 0.717) is 12.1 Å². The number of nitrogens with zero attached hydrogens (tertiary/aromatic N) is 1. The minimum absolute atomic E-state index is 0.517. The van der Waals surface area contributed by atoms with E-state index in [2.05, 4.69) is 4.72 Å². The molecule has 0 heterocycles. The summed E-state index contributed by atoms with van der Waals surface area (Å²) in [4.78, 5) is 1.84. The van der Waals surface area contributed by atoms with Gasteiger partial charge in [-0.25, -0.2) is 8.42 Å². The topological polar surface area (TPSA) is 69.6 Å². The van der Waals surface area contributed by atoms with Crippen LogP contribution in [0.3, 0.4) is 0 Å². The van der Waals surface area contributed by atoms with Gasteiger partial charge in [-0.05, 0) is 31.3 Å². The molecule has 18 heavy (non-hydrogen) atoms. The number of benzene rings is 1. The number of aliphatic hydroxyl groups is 1. The average Bonchev–Trinajstić information content (AvgIpc) is 2.28. The summed E-state index contributed by atoms with van der Waals surface area (Å²) in [5.74, 6) is 0. The molecule has 0 bridgehead atoms. The molecule has 1 rings (SSSR count). The molecule has 1 aromatic carbocycles. The Balaban J connectivity index is 2.66. The summed E-state index contributed by atoms with van der Waals surface area (Å²) >= 11 is 0. The first-order valence-corrected chi connectivity index (χ1v) is 7.66. The highest BCUT2D eigenvalue weighted by atomic mass is 32.2. The first-order chi connectivity index (χ1) is 8.31. The van der Waals surface area contributed by atoms with E-state index in [0.717, 1.165) is 18.4 Å². The van der Waals surface area contributed by atoms with Crippen LogP contribution in [0.15, 0.2) is 24.3 Å². The van der Waals surface area contributed by atoms with Crippen LogP contribution in [0.4, 0.5) is 5.69 Å². The molecule has 2 N–H and O–H groups in total. The minimum Gasteiger partial charge on any atom is -0.378 e. The summed E-state index contributed by atoms with van der Waals surface area (Å²) in [5, 5.41) is 9.84. The molecule has 0 saturated carbocycles. The van der Waals surface area contributed by atoms with Crippen LogP contribution < -0.4 is 4.72 Å². The van der Waals surface area contributed by atoms with Gasteiger partial charge >= 0.3 is 0 Å². The highest BCUT2D eigenvalue weighted by molar-refractivity contribution is 7.92. The van der Waals surface area contributed by atoms with Gasteiger partial charge in [0, 0.05) is 12.1 Å². The van der Waals surface area contributed by atoms with Crippen LogP contribution in [0.2, 0.25) is 0 Å². The fraction of sp³-hybridized carbons (Fsp3) is 0.500. The molecule has 0 saturated heterocycles. The second-order valence-corrected chi connectivity index (χ2v) is 6.08. The van der Waals surface area contributed by atoms with Crippen molar-refractivity contribution in [3.8, 4) is 0 Å². The maximum atomic E-state index is 11.0. The number of sulfonamides is 1. The quantitative estimate of drug-likeness (QED) is 0.754. The summed E-state index contributed by atoms with van der Waals surface area (Å²) in [6.07, 6.45) is 1.10.